The molecule has 0 atom stereocenters. The predicted octanol–water partition coefficient (Wildman–Crippen LogP) is 3.16. The molecule has 112 valence electrons. The average molecular weight is 336 g/mol. The van der Waals surface area contributed by atoms with Crippen molar-refractivity contribution in [3.8, 4) is 11.4 Å². The molecule has 0 saturated carbocycles. The summed E-state index contributed by atoms with van der Waals surface area (Å²) in [4.78, 5) is 12.0. The maximum atomic E-state index is 12.0. The first kappa shape index (κ1) is 14.7. The topological polar surface area (TPSA) is 70.9 Å². The van der Waals surface area contributed by atoms with Crippen molar-refractivity contribution in [3.05, 3.63) is 74.4 Å². The third-order valence-corrected chi connectivity index (χ3v) is 3.94. The number of nitrogens with zero attached hydrogens (tertiary/aromatic N) is 2. The van der Waals surface area contributed by atoms with Crippen LogP contribution in [-0.4, -0.2) is 19.9 Å². The predicted molar refractivity (Wildman–Crippen MR) is 85.1 cm³/mol. The van der Waals surface area contributed by atoms with Crippen LogP contribution >= 0.6 is 23.2 Å². The van der Waals surface area contributed by atoms with Gasteiger partial charge in [-0.25, -0.2) is 14.5 Å². The van der Waals surface area contributed by atoms with Gasteiger partial charge in [0.25, 0.3) is 0 Å². The van der Waals surface area contributed by atoms with Crippen molar-refractivity contribution in [1.29, 1.82) is 0 Å². The molecule has 0 unspecified atom stereocenters. The Balaban J connectivity index is 2.02. The summed E-state index contributed by atoms with van der Waals surface area (Å²) in [5.41, 5.74) is 1.15. The van der Waals surface area contributed by atoms with Crippen molar-refractivity contribution in [1.82, 2.24) is 14.8 Å². The monoisotopic (exact) mass is 335 g/mol. The van der Waals surface area contributed by atoms with E-state index in [1.807, 2.05) is 0 Å². The van der Waals surface area contributed by atoms with E-state index in [0.29, 0.717) is 28.0 Å². The molecular formula is C15H11Cl2N3O2. The molecule has 0 aliphatic heterocycles. The first-order chi connectivity index (χ1) is 10.5. The molecule has 0 radical (unpaired) electrons. The van der Waals surface area contributed by atoms with Crippen LogP contribution in [0, 0.1) is 0 Å². The summed E-state index contributed by atoms with van der Waals surface area (Å²) < 4.78 is 1.44. The van der Waals surface area contributed by atoms with E-state index in [0.717, 1.165) is 5.56 Å². The van der Waals surface area contributed by atoms with E-state index in [1.54, 1.807) is 42.5 Å². The number of phenols is 1. The number of H-pyrrole nitrogens is 1. The number of aromatic hydroxyl groups is 1. The van der Waals surface area contributed by atoms with Crippen LogP contribution in [0.5, 0.6) is 5.75 Å². The molecule has 0 aliphatic carbocycles. The Labute approximate surface area is 135 Å². The Bertz CT molecular complexity index is 869. The van der Waals surface area contributed by atoms with Crippen LogP contribution in [-0.2, 0) is 6.42 Å². The van der Waals surface area contributed by atoms with E-state index in [-0.39, 0.29) is 11.4 Å². The number of hydrogen-bond acceptors (Lipinski definition) is 3. The van der Waals surface area contributed by atoms with Crippen molar-refractivity contribution in [3.63, 3.8) is 0 Å². The van der Waals surface area contributed by atoms with Crippen LogP contribution in [0.25, 0.3) is 5.69 Å². The number of aromatic nitrogens is 3. The molecule has 1 heterocycles. The van der Waals surface area contributed by atoms with Gasteiger partial charge >= 0.3 is 5.69 Å². The molecule has 0 bridgehead atoms. The van der Waals surface area contributed by atoms with E-state index < -0.39 is 0 Å². The fraction of sp³-hybridized carbons (Fsp3) is 0.0667. The van der Waals surface area contributed by atoms with Crippen LogP contribution in [0.2, 0.25) is 10.0 Å². The van der Waals surface area contributed by atoms with Crippen molar-refractivity contribution in [2.24, 2.45) is 0 Å². The quantitative estimate of drug-likeness (QED) is 0.772. The molecule has 1 aromatic heterocycles. The summed E-state index contributed by atoms with van der Waals surface area (Å²) in [7, 11) is 0. The van der Waals surface area contributed by atoms with Crippen molar-refractivity contribution >= 4 is 23.2 Å². The summed E-state index contributed by atoms with van der Waals surface area (Å²) in [6, 6.07) is 11.7. The third-order valence-electron chi connectivity index (χ3n) is 3.20. The first-order valence-electron chi connectivity index (χ1n) is 6.44. The van der Waals surface area contributed by atoms with Gasteiger partial charge in [0.05, 0.1) is 15.7 Å². The molecule has 0 aliphatic rings. The minimum absolute atomic E-state index is 0.188. The molecule has 0 saturated heterocycles. The van der Waals surface area contributed by atoms with Crippen molar-refractivity contribution < 1.29 is 5.11 Å². The normalized spacial score (nSPS) is 10.8. The minimum atomic E-state index is -0.354. The largest absolute Gasteiger partial charge is 0.508 e. The van der Waals surface area contributed by atoms with Crippen LogP contribution in [0.1, 0.15) is 11.4 Å². The molecule has 22 heavy (non-hydrogen) atoms. The number of halogens is 2. The Morgan fingerprint density at radius 2 is 1.82 bits per heavy atom. The summed E-state index contributed by atoms with van der Waals surface area (Å²) >= 11 is 11.9. The molecule has 2 N–H and O–H groups in total. The van der Waals surface area contributed by atoms with Gasteiger partial charge in [-0.15, -0.1) is 0 Å². The SMILES string of the molecule is O=c1[nH]nc(Cc2ccc(O)cc2)n1-c1ccc(Cl)c(Cl)c1. The van der Waals surface area contributed by atoms with Crippen LogP contribution < -0.4 is 5.69 Å². The smallest absolute Gasteiger partial charge is 0.347 e. The molecule has 3 rings (SSSR count). The summed E-state index contributed by atoms with van der Waals surface area (Å²) in [5.74, 6) is 0.724. The molecule has 5 nitrogen and oxygen atoms in total. The third kappa shape index (κ3) is 2.86. The number of phenolic OH excluding ortho intramolecular Hbond substituents is 1. The van der Waals surface area contributed by atoms with Gasteiger partial charge in [-0.3, -0.25) is 0 Å². The molecule has 0 fully saturated rings. The Morgan fingerprint density at radius 1 is 1.09 bits per heavy atom. The standard InChI is InChI=1S/C15H11Cl2N3O2/c16-12-6-3-10(8-13(12)17)20-14(18-19-15(20)22)7-9-1-4-11(21)5-2-9/h1-6,8,21H,7H2,(H,19,22). The van der Waals surface area contributed by atoms with Gasteiger partial charge in [-0.05, 0) is 35.9 Å². The van der Waals surface area contributed by atoms with Crippen molar-refractivity contribution in [2.75, 3.05) is 0 Å². The summed E-state index contributed by atoms with van der Waals surface area (Å²) in [5, 5.41) is 16.6. The van der Waals surface area contributed by atoms with Gasteiger partial charge in [0.15, 0.2) is 0 Å². The van der Waals surface area contributed by atoms with Gasteiger partial charge in [0.1, 0.15) is 11.6 Å². The molecular weight excluding hydrogens is 325 g/mol. The van der Waals surface area contributed by atoms with E-state index in [2.05, 4.69) is 10.2 Å². The lowest BCUT2D eigenvalue weighted by Gasteiger charge is -2.07. The minimum Gasteiger partial charge on any atom is -0.508 e. The van der Waals surface area contributed by atoms with Gasteiger partial charge in [0.2, 0.25) is 0 Å². The van der Waals surface area contributed by atoms with E-state index in [9.17, 15) is 9.90 Å². The van der Waals surface area contributed by atoms with Crippen LogP contribution in [0.3, 0.4) is 0 Å². The highest BCUT2D eigenvalue weighted by Gasteiger charge is 2.12. The van der Waals surface area contributed by atoms with E-state index >= 15 is 0 Å². The summed E-state index contributed by atoms with van der Waals surface area (Å²) in [6.07, 6.45) is 0.430. The Hall–Kier alpha value is -2.24. The van der Waals surface area contributed by atoms with Crippen LogP contribution in [0.4, 0.5) is 0 Å². The highest BCUT2D eigenvalue weighted by Crippen LogP contribution is 2.24. The van der Waals surface area contributed by atoms with E-state index in [1.165, 1.54) is 4.57 Å². The fourth-order valence-electron chi connectivity index (χ4n) is 2.13. The first-order valence-corrected chi connectivity index (χ1v) is 7.20. The van der Waals surface area contributed by atoms with Gasteiger partial charge < -0.3 is 5.11 Å². The van der Waals surface area contributed by atoms with Crippen molar-refractivity contribution in [2.45, 2.75) is 6.42 Å². The Kier molecular flexibility index (Phi) is 3.92. The fourth-order valence-corrected chi connectivity index (χ4v) is 2.43. The highest BCUT2D eigenvalue weighted by molar-refractivity contribution is 6.42. The lowest BCUT2D eigenvalue weighted by atomic mass is 10.1. The lowest BCUT2D eigenvalue weighted by molar-refractivity contribution is 0.475. The maximum absolute atomic E-state index is 12.0. The second kappa shape index (κ2) is 5.87. The van der Waals surface area contributed by atoms with Gasteiger partial charge in [0, 0.05) is 6.42 Å². The number of benzene rings is 2. The zero-order chi connectivity index (χ0) is 15.7. The highest BCUT2D eigenvalue weighted by atomic mass is 35.5. The van der Waals surface area contributed by atoms with Gasteiger partial charge in [-0.1, -0.05) is 35.3 Å². The molecule has 7 heteroatoms. The summed E-state index contributed by atoms with van der Waals surface area (Å²) in [6.45, 7) is 0. The lowest BCUT2D eigenvalue weighted by Crippen LogP contribution is -2.17. The molecule has 2 aromatic carbocycles. The zero-order valence-electron chi connectivity index (χ0n) is 11.3. The molecule has 0 spiro atoms. The average Bonchev–Trinajstić information content (AvgIpc) is 2.85. The van der Waals surface area contributed by atoms with Gasteiger partial charge in [-0.2, -0.15) is 5.10 Å². The number of hydrogen-bond donors (Lipinski definition) is 2. The maximum Gasteiger partial charge on any atom is 0.347 e. The second-order valence-corrected chi connectivity index (χ2v) is 5.54. The number of rotatable bonds is 3. The molecule has 0 amide bonds. The second-order valence-electron chi connectivity index (χ2n) is 4.72. The molecule has 3 aromatic rings. The number of nitrogens with one attached hydrogen (secondary N) is 1. The van der Waals surface area contributed by atoms with Crippen LogP contribution in [0.15, 0.2) is 47.3 Å². The zero-order valence-corrected chi connectivity index (χ0v) is 12.8. The number of aromatic amines is 1. The van der Waals surface area contributed by atoms with E-state index in [4.69, 9.17) is 23.2 Å². The Morgan fingerprint density at radius 3 is 2.50 bits per heavy atom.